The van der Waals surface area contributed by atoms with Gasteiger partial charge in [-0.05, 0) is 26.7 Å². The van der Waals surface area contributed by atoms with Crippen LogP contribution in [0.2, 0.25) is 0 Å². The number of likely N-dealkylation sites (tertiary alicyclic amines) is 1. The summed E-state index contributed by atoms with van der Waals surface area (Å²) in [4.78, 5) is 14.5. The molecule has 0 bridgehead atoms. The van der Waals surface area contributed by atoms with Crippen molar-refractivity contribution in [3.8, 4) is 0 Å². The van der Waals surface area contributed by atoms with Gasteiger partial charge in [0.25, 0.3) is 0 Å². The summed E-state index contributed by atoms with van der Waals surface area (Å²) in [6.07, 6.45) is 1.95. The number of hydrogen-bond acceptors (Lipinski definition) is 8. The van der Waals surface area contributed by atoms with E-state index in [9.17, 15) is 4.79 Å². The van der Waals surface area contributed by atoms with E-state index in [1.807, 2.05) is 18.7 Å². The van der Waals surface area contributed by atoms with Gasteiger partial charge in [-0.3, -0.25) is 4.79 Å². The highest BCUT2D eigenvalue weighted by Crippen LogP contribution is 2.36. The number of rotatable bonds is 4. The van der Waals surface area contributed by atoms with Gasteiger partial charge in [0.15, 0.2) is 4.34 Å². The molecule has 0 spiro atoms. The number of carbonyl (C=O) groups excluding carboxylic acids is 1. The van der Waals surface area contributed by atoms with Gasteiger partial charge in [0.1, 0.15) is 5.76 Å². The zero-order valence-corrected chi connectivity index (χ0v) is 14.0. The molecular weight excluding hydrogens is 322 g/mol. The zero-order chi connectivity index (χ0) is 15.7. The van der Waals surface area contributed by atoms with Crippen LogP contribution in [-0.4, -0.2) is 38.5 Å². The Bertz CT molecular complexity index is 664. The van der Waals surface area contributed by atoms with E-state index in [-0.39, 0.29) is 11.9 Å². The van der Waals surface area contributed by atoms with Crippen LogP contribution in [0.15, 0.2) is 8.86 Å². The maximum absolute atomic E-state index is 12.5. The standard InChI is InChI=1S/C13H17N5O2S2/c1-7-11(8(2)20-17-7)9-4-3-5-18(9)10(19)6-21-13-16-15-12(14)22-13/h9H,3-6H2,1-2H3,(H2,14,15)/t9-/m0/s1. The molecule has 1 saturated heterocycles. The van der Waals surface area contributed by atoms with Crippen molar-refractivity contribution in [1.29, 1.82) is 0 Å². The Morgan fingerprint density at radius 2 is 2.32 bits per heavy atom. The third-order valence-electron chi connectivity index (χ3n) is 3.74. The molecule has 2 aromatic rings. The van der Waals surface area contributed by atoms with Crippen molar-refractivity contribution in [2.45, 2.75) is 37.1 Å². The van der Waals surface area contributed by atoms with Crippen molar-refractivity contribution in [3.05, 3.63) is 17.0 Å². The molecule has 9 heteroatoms. The number of nitrogens with zero attached hydrogens (tertiary/aromatic N) is 4. The Balaban J connectivity index is 1.69. The van der Waals surface area contributed by atoms with E-state index in [2.05, 4.69) is 15.4 Å². The van der Waals surface area contributed by atoms with Gasteiger partial charge < -0.3 is 15.2 Å². The number of nitrogen functional groups attached to an aromatic ring is 1. The Kier molecular flexibility index (Phi) is 4.34. The first-order valence-corrected chi connectivity index (χ1v) is 8.80. The van der Waals surface area contributed by atoms with Crippen LogP contribution >= 0.6 is 23.1 Å². The fourth-order valence-corrected chi connectivity index (χ4v) is 4.34. The van der Waals surface area contributed by atoms with E-state index < -0.39 is 0 Å². The van der Waals surface area contributed by atoms with E-state index in [4.69, 9.17) is 10.3 Å². The first-order valence-electron chi connectivity index (χ1n) is 7.00. The third-order valence-corrected chi connectivity index (χ3v) is 5.61. The predicted octanol–water partition coefficient (Wildman–Crippen LogP) is 2.18. The minimum atomic E-state index is 0.0684. The summed E-state index contributed by atoms with van der Waals surface area (Å²) in [5, 5.41) is 12.1. The Morgan fingerprint density at radius 3 is 2.95 bits per heavy atom. The van der Waals surface area contributed by atoms with Gasteiger partial charge in [-0.15, -0.1) is 10.2 Å². The molecule has 3 heterocycles. The number of thioether (sulfide) groups is 1. The number of aromatic nitrogens is 3. The number of nitrogens with two attached hydrogens (primary N) is 1. The molecule has 0 aliphatic carbocycles. The molecule has 1 atom stereocenters. The van der Waals surface area contributed by atoms with Crippen LogP contribution in [0.5, 0.6) is 0 Å². The smallest absolute Gasteiger partial charge is 0.233 e. The van der Waals surface area contributed by atoms with Gasteiger partial charge in [0.2, 0.25) is 11.0 Å². The Hall–Kier alpha value is -1.61. The summed E-state index contributed by atoms with van der Waals surface area (Å²) in [5.41, 5.74) is 7.46. The van der Waals surface area contributed by atoms with E-state index >= 15 is 0 Å². The quantitative estimate of drug-likeness (QED) is 0.852. The van der Waals surface area contributed by atoms with E-state index in [1.54, 1.807) is 0 Å². The van der Waals surface area contributed by atoms with Crippen LogP contribution in [0.25, 0.3) is 0 Å². The van der Waals surface area contributed by atoms with Gasteiger partial charge in [-0.25, -0.2) is 0 Å². The van der Waals surface area contributed by atoms with Gasteiger partial charge in [0.05, 0.1) is 17.5 Å². The maximum atomic E-state index is 12.5. The molecule has 1 aliphatic heterocycles. The van der Waals surface area contributed by atoms with Gasteiger partial charge in [0, 0.05) is 12.1 Å². The molecule has 2 aromatic heterocycles. The first-order chi connectivity index (χ1) is 10.6. The molecule has 7 nitrogen and oxygen atoms in total. The lowest BCUT2D eigenvalue weighted by Gasteiger charge is -2.24. The van der Waals surface area contributed by atoms with E-state index in [0.717, 1.165) is 40.7 Å². The highest BCUT2D eigenvalue weighted by Gasteiger charge is 2.33. The molecule has 2 N–H and O–H groups in total. The number of anilines is 1. The lowest BCUT2D eigenvalue weighted by atomic mass is 10.0. The second-order valence-electron chi connectivity index (χ2n) is 5.18. The van der Waals surface area contributed by atoms with Gasteiger partial charge in [-0.1, -0.05) is 28.3 Å². The van der Waals surface area contributed by atoms with Crippen LogP contribution in [-0.2, 0) is 4.79 Å². The molecule has 118 valence electrons. The molecule has 0 radical (unpaired) electrons. The zero-order valence-electron chi connectivity index (χ0n) is 12.4. The van der Waals surface area contributed by atoms with Crippen molar-refractivity contribution in [1.82, 2.24) is 20.3 Å². The molecule has 1 amide bonds. The fourth-order valence-electron chi connectivity index (χ4n) is 2.82. The molecule has 3 rings (SSSR count). The second-order valence-corrected chi connectivity index (χ2v) is 7.41. The van der Waals surface area contributed by atoms with Crippen LogP contribution in [0, 0.1) is 13.8 Å². The molecule has 22 heavy (non-hydrogen) atoms. The number of amides is 1. The lowest BCUT2D eigenvalue weighted by Crippen LogP contribution is -2.32. The minimum absolute atomic E-state index is 0.0684. The van der Waals surface area contributed by atoms with Crippen LogP contribution in [0.3, 0.4) is 0 Å². The topological polar surface area (TPSA) is 98.1 Å². The van der Waals surface area contributed by atoms with Crippen molar-refractivity contribution >= 4 is 34.1 Å². The van der Waals surface area contributed by atoms with E-state index in [0.29, 0.717) is 10.9 Å². The lowest BCUT2D eigenvalue weighted by molar-refractivity contribution is -0.129. The molecule has 1 fully saturated rings. The predicted molar refractivity (Wildman–Crippen MR) is 84.7 cm³/mol. The molecule has 0 saturated carbocycles. The SMILES string of the molecule is Cc1noc(C)c1[C@@H]1CCCN1C(=O)CSc1nnc(N)s1. The Labute approximate surface area is 136 Å². The summed E-state index contributed by atoms with van der Waals surface area (Å²) in [7, 11) is 0. The number of aryl methyl sites for hydroxylation is 2. The molecule has 0 aromatic carbocycles. The van der Waals surface area contributed by atoms with Crippen LogP contribution in [0.1, 0.15) is 35.9 Å². The molecule has 1 aliphatic rings. The van der Waals surface area contributed by atoms with Crippen molar-refractivity contribution in [3.63, 3.8) is 0 Å². The van der Waals surface area contributed by atoms with Crippen LogP contribution < -0.4 is 5.73 Å². The third kappa shape index (κ3) is 2.95. The normalized spacial score (nSPS) is 18.1. The Morgan fingerprint density at radius 1 is 1.50 bits per heavy atom. The number of carbonyl (C=O) groups is 1. The van der Waals surface area contributed by atoms with Crippen LogP contribution in [0.4, 0.5) is 5.13 Å². The summed E-state index contributed by atoms with van der Waals surface area (Å²) >= 11 is 2.68. The van der Waals surface area contributed by atoms with Crippen molar-refractivity contribution < 1.29 is 9.32 Å². The highest BCUT2D eigenvalue weighted by atomic mass is 32.2. The summed E-state index contributed by atoms with van der Waals surface area (Å²) < 4.78 is 5.97. The largest absolute Gasteiger partial charge is 0.374 e. The monoisotopic (exact) mass is 339 g/mol. The van der Waals surface area contributed by atoms with Gasteiger partial charge >= 0.3 is 0 Å². The molecule has 0 unspecified atom stereocenters. The molecular formula is C13H17N5O2S2. The summed E-state index contributed by atoms with van der Waals surface area (Å²) in [5.74, 6) is 1.24. The average Bonchev–Trinajstić information content (AvgIpc) is 3.18. The fraction of sp³-hybridized carbons (Fsp3) is 0.538. The maximum Gasteiger partial charge on any atom is 0.233 e. The summed E-state index contributed by atoms with van der Waals surface area (Å²) in [6.45, 7) is 4.59. The summed E-state index contributed by atoms with van der Waals surface area (Å²) in [6, 6.07) is 0.0684. The van der Waals surface area contributed by atoms with Crippen molar-refractivity contribution in [2.24, 2.45) is 0 Å². The number of hydrogen-bond donors (Lipinski definition) is 1. The first kappa shape index (κ1) is 15.3. The average molecular weight is 339 g/mol. The minimum Gasteiger partial charge on any atom is -0.374 e. The van der Waals surface area contributed by atoms with Crippen molar-refractivity contribution in [2.75, 3.05) is 18.0 Å². The highest BCUT2D eigenvalue weighted by molar-refractivity contribution is 8.01. The second kappa shape index (κ2) is 6.25. The van der Waals surface area contributed by atoms with E-state index in [1.165, 1.54) is 23.1 Å². The van der Waals surface area contributed by atoms with Gasteiger partial charge in [-0.2, -0.15) is 0 Å².